The summed E-state index contributed by atoms with van der Waals surface area (Å²) < 4.78 is 10.3. The third-order valence-corrected chi connectivity index (χ3v) is 3.08. The van der Waals surface area contributed by atoms with E-state index in [0.717, 1.165) is 18.5 Å². The van der Waals surface area contributed by atoms with E-state index < -0.39 is 5.91 Å². The first-order valence-electron chi connectivity index (χ1n) is 7.57. The van der Waals surface area contributed by atoms with Crippen LogP contribution in [0.1, 0.15) is 22.3 Å². The molecule has 1 aromatic rings. The molecule has 0 bridgehead atoms. The third-order valence-electron chi connectivity index (χ3n) is 3.08. The SMILES string of the molecule is CN=C(NCCCOCCOC)NCc1cccc(C(N)=O)c1. The van der Waals surface area contributed by atoms with Crippen molar-refractivity contribution in [3.05, 3.63) is 35.4 Å². The summed E-state index contributed by atoms with van der Waals surface area (Å²) in [7, 11) is 3.37. The van der Waals surface area contributed by atoms with E-state index in [-0.39, 0.29) is 0 Å². The van der Waals surface area contributed by atoms with Crippen LogP contribution < -0.4 is 16.4 Å². The Bertz CT molecular complexity index is 506. The molecule has 1 amide bonds. The summed E-state index contributed by atoms with van der Waals surface area (Å²) in [4.78, 5) is 15.3. The number of carbonyl (C=O) groups is 1. The number of primary amides is 1. The molecule has 0 spiro atoms. The van der Waals surface area contributed by atoms with Gasteiger partial charge in [-0.15, -0.1) is 0 Å². The Kier molecular flexibility index (Phi) is 9.42. The Morgan fingerprint density at radius 1 is 1.26 bits per heavy atom. The lowest BCUT2D eigenvalue weighted by atomic mass is 10.1. The second-order valence-corrected chi connectivity index (χ2v) is 4.88. The molecular weight excluding hydrogens is 296 g/mol. The summed E-state index contributed by atoms with van der Waals surface area (Å²) >= 11 is 0. The van der Waals surface area contributed by atoms with Crippen molar-refractivity contribution in [1.82, 2.24) is 10.6 Å². The number of rotatable bonds is 10. The number of aliphatic imine (C=N–C) groups is 1. The number of benzene rings is 1. The van der Waals surface area contributed by atoms with E-state index in [2.05, 4.69) is 15.6 Å². The molecule has 7 nitrogen and oxygen atoms in total. The molecule has 0 aromatic heterocycles. The number of guanidine groups is 1. The summed E-state index contributed by atoms with van der Waals surface area (Å²) in [5.74, 6) is 0.272. The van der Waals surface area contributed by atoms with Crippen LogP contribution in [0.5, 0.6) is 0 Å². The maximum atomic E-state index is 11.2. The minimum absolute atomic E-state index is 0.428. The zero-order valence-electron chi connectivity index (χ0n) is 13.8. The van der Waals surface area contributed by atoms with Gasteiger partial charge in [0.15, 0.2) is 5.96 Å². The summed E-state index contributed by atoms with van der Waals surface area (Å²) in [5.41, 5.74) is 6.74. The lowest BCUT2D eigenvalue weighted by Crippen LogP contribution is -2.37. The summed E-state index contributed by atoms with van der Waals surface area (Å²) in [5, 5.41) is 6.39. The van der Waals surface area contributed by atoms with Crippen LogP contribution in [-0.4, -0.2) is 52.4 Å². The number of methoxy groups -OCH3 is 1. The highest BCUT2D eigenvalue weighted by molar-refractivity contribution is 5.92. The monoisotopic (exact) mass is 322 g/mol. The number of nitrogens with one attached hydrogen (secondary N) is 2. The van der Waals surface area contributed by atoms with Gasteiger partial charge in [0, 0.05) is 39.4 Å². The van der Waals surface area contributed by atoms with Crippen molar-refractivity contribution in [2.75, 3.05) is 40.5 Å². The molecule has 0 atom stereocenters. The number of ether oxygens (including phenoxy) is 2. The number of hydrogen-bond donors (Lipinski definition) is 3. The molecule has 0 heterocycles. The first kappa shape index (κ1) is 18.9. The largest absolute Gasteiger partial charge is 0.382 e. The fourth-order valence-corrected chi connectivity index (χ4v) is 1.87. The molecule has 0 saturated heterocycles. The van der Waals surface area contributed by atoms with Crippen LogP contribution >= 0.6 is 0 Å². The second kappa shape index (κ2) is 11.4. The molecule has 0 radical (unpaired) electrons. The van der Waals surface area contributed by atoms with Gasteiger partial charge < -0.3 is 25.8 Å². The van der Waals surface area contributed by atoms with Gasteiger partial charge in [0.25, 0.3) is 0 Å². The standard InChI is InChI=1S/C16H26N4O3/c1-18-16(19-7-4-8-23-10-9-22-2)20-12-13-5-3-6-14(11-13)15(17)21/h3,5-6,11H,4,7-10,12H2,1-2H3,(H2,17,21)(H2,18,19,20). The molecule has 0 aliphatic heterocycles. The van der Waals surface area contributed by atoms with Crippen molar-refractivity contribution >= 4 is 11.9 Å². The highest BCUT2D eigenvalue weighted by atomic mass is 16.5. The number of nitrogens with zero attached hydrogens (tertiary/aromatic N) is 1. The van der Waals surface area contributed by atoms with Crippen molar-refractivity contribution < 1.29 is 14.3 Å². The van der Waals surface area contributed by atoms with Gasteiger partial charge in [0.05, 0.1) is 13.2 Å². The number of carbonyl (C=O) groups excluding carboxylic acids is 1. The molecule has 0 fully saturated rings. The van der Waals surface area contributed by atoms with Crippen molar-refractivity contribution in [2.24, 2.45) is 10.7 Å². The lowest BCUT2D eigenvalue weighted by Gasteiger charge is -2.12. The average molecular weight is 322 g/mol. The van der Waals surface area contributed by atoms with Crippen LogP contribution in [0.2, 0.25) is 0 Å². The first-order valence-corrected chi connectivity index (χ1v) is 7.57. The molecule has 0 aliphatic carbocycles. The van der Waals surface area contributed by atoms with E-state index in [0.29, 0.717) is 37.9 Å². The molecule has 23 heavy (non-hydrogen) atoms. The Balaban J connectivity index is 2.26. The molecule has 0 aliphatic rings. The third kappa shape index (κ3) is 8.18. The predicted octanol–water partition coefficient (Wildman–Crippen LogP) is 0.504. The Morgan fingerprint density at radius 2 is 2.09 bits per heavy atom. The van der Waals surface area contributed by atoms with Gasteiger partial charge in [-0.05, 0) is 24.1 Å². The predicted molar refractivity (Wildman–Crippen MR) is 90.5 cm³/mol. The minimum atomic E-state index is -0.428. The van der Waals surface area contributed by atoms with Crippen LogP contribution in [0.25, 0.3) is 0 Å². The van der Waals surface area contributed by atoms with E-state index in [9.17, 15) is 4.79 Å². The lowest BCUT2D eigenvalue weighted by molar-refractivity contribution is 0.0698. The second-order valence-electron chi connectivity index (χ2n) is 4.88. The Morgan fingerprint density at radius 3 is 2.78 bits per heavy atom. The molecule has 4 N–H and O–H groups in total. The van der Waals surface area contributed by atoms with Gasteiger partial charge in [-0.1, -0.05) is 12.1 Å². The van der Waals surface area contributed by atoms with Crippen molar-refractivity contribution in [3.63, 3.8) is 0 Å². The fraction of sp³-hybridized carbons (Fsp3) is 0.500. The molecule has 1 rings (SSSR count). The van der Waals surface area contributed by atoms with E-state index in [1.807, 2.05) is 12.1 Å². The minimum Gasteiger partial charge on any atom is -0.382 e. The maximum absolute atomic E-state index is 11.2. The highest BCUT2D eigenvalue weighted by Gasteiger charge is 2.02. The summed E-state index contributed by atoms with van der Waals surface area (Å²) in [6, 6.07) is 7.20. The van der Waals surface area contributed by atoms with Crippen LogP contribution in [0.3, 0.4) is 0 Å². The highest BCUT2D eigenvalue weighted by Crippen LogP contribution is 2.04. The van der Waals surface area contributed by atoms with Crippen molar-refractivity contribution in [2.45, 2.75) is 13.0 Å². The topological polar surface area (TPSA) is 98.0 Å². The van der Waals surface area contributed by atoms with Gasteiger partial charge in [0.1, 0.15) is 0 Å². The van der Waals surface area contributed by atoms with E-state index >= 15 is 0 Å². The average Bonchev–Trinajstić information content (AvgIpc) is 2.57. The normalized spacial score (nSPS) is 11.3. The van der Waals surface area contributed by atoms with Crippen LogP contribution in [0.15, 0.2) is 29.3 Å². The molecule has 0 unspecified atom stereocenters. The number of amides is 1. The molecule has 7 heteroatoms. The smallest absolute Gasteiger partial charge is 0.248 e. The van der Waals surface area contributed by atoms with E-state index in [1.165, 1.54) is 0 Å². The zero-order chi connectivity index (χ0) is 16.9. The van der Waals surface area contributed by atoms with Gasteiger partial charge in [-0.25, -0.2) is 0 Å². The molecule has 1 aromatic carbocycles. The van der Waals surface area contributed by atoms with E-state index in [4.69, 9.17) is 15.2 Å². The molecule has 0 saturated carbocycles. The van der Waals surface area contributed by atoms with Gasteiger partial charge in [-0.2, -0.15) is 0 Å². The van der Waals surface area contributed by atoms with Crippen LogP contribution in [0.4, 0.5) is 0 Å². The zero-order valence-corrected chi connectivity index (χ0v) is 13.8. The molecular formula is C16H26N4O3. The van der Waals surface area contributed by atoms with Crippen LogP contribution in [-0.2, 0) is 16.0 Å². The fourth-order valence-electron chi connectivity index (χ4n) is 1.87. The van der Waals surface area contributed by atoms with Crippen molar-refractivity contribution in [3.8, 4) is 0 Å². The summed E-state index contributed by atoms with van der Waals surface area (Å²) in [6.45, 7) is 3.22. The Labute approximate surface area is 137 Å². The van der Waals surface area contributed by atoms with Gasteiger partial charge >= 0.3 is 0 Å². The quantitative estimate of drug-likeness (QED) is 0.331. The molecule has 128 valence electrons. The van der Waals surface area contributed by atoms with Crippen LogP contribution in [0, 0.1) is 0 Å². The number of nitrogens with two attached hydrogens (primary N) is 1. The first-order chi connectivity index (χ1) is 11.2. The van der Waals surface area contributed by atoms with Crippen molar-refractivity contribution in [1.29, 1.82) is 0 Å². The number of hydrogen-bond acceptors (Lipinski definition) is 4. The summed E-state index contributed by atoms with van der Waals surface area (Å²) in [6.07, 6.45) is 0.877. The Hall–Kier alpha value is -2.12. The van der Waals surface area contributed by atoms with Gasteiger partial charge in [-0.3, -0.25) is 9.79 Å². The van der Waals surface area contributed by atoms with E-state index in [1.54, 1.807) is 26.3 Å². The maximum Gasteiger partial charge on any atom is 0.248 e. The van der Waals surface area contributed by atoms with Gasteiger partial charge in [0.2, 0.25) is 5.91 Å².